The summed E-state index contributed by atoms with van der Waals surface area (Å²) >= 11 is 5.52. The molecular formula is C13H15ClO3. The number of esters is 1. The van der Waals surface area contributed by atoms with E-state index in [1.807, 2.05) is 6.08 Å². The van der Waals surface area contributed by atoms with Gasteiger partial charge < -0.3 is 4.74 Å². The molecule has 0 aliphatic heterocycles. The SMILES string of the molecule is C=CCC1=CCC(C(=O)Cl)C(C)=C1OC(C)=O. The normalized spacial score (nSPS) is 19.7. The molecule has 0 aromatic rings. The summed E-state index contributed by atoms with van der Waals surface area (Å²) in [7, 11) is 0. The lowest BCUT2D eigenvalue weighted by molar-refractivity contribution is -0.136. The van der Waals surface area contributed by atoms with Gasteiger partial charge in [-0.1, -0.05) is 12.2 Å². The standard InChI is InChI=1S/C13H15ClO3/c1-4-5-10-6-7-11(13(14)16)8(2)12(10)17-9(3)15/h4,6,11H,1,5,7H2,2-3H3. The minimum absolute atomic E-state index is 0.403. The molecule has 0 aromatic carbocycles. The molecule has 1 rings (SSSR count). The summed E-state index contributed by atoms with van der Waals surface area (Å²) in [5.74, 6) is -0.348. The van der Waals surface area contributed by atoms with E-state index in [9.17, 15) is 9.59 Å². The molecule has 4 heteroatoms. The average Bonchev–Trinajstić information content (AvgIpc) is 2.22. The Morgan fingerprint density at radius 1 is 1.65 bits per heavy atom. The zero-order valence-corrected chi connectivity index (χ0v) is 10.7. The van der Waals surface area contributed by atoms with Crippen molar-refractivity contribution in [2.45, 2.75) is 26.7 Å². The molecule has 0 fully saturated rings. The van der Waals surface area contributed by atoms with Crippen molar-refractivity contribution < 1.29 is 14.3 Å². The Hall–Kier alpha value is -1.35. The van der Waals surface area contributed by atoms with Crippen LogP contribution < -0.4 is 0 Å². The Kier molecular flexibility index (Phi) is 4.70. The third-order valence-corrected chi connectivity index (χ3v) is 2.92. The van der Waals surface area contributed by atoms with E-state index in [2.05, 4.69) is 6.58 Å². The molecular weight excluding hydrogens is 240 g/mol. The van der Waals surface area contributed by atoms with Crippen LogP contribution in [0.1, 0.15) is 26.7 Å². The first-order valence-corrected chi connectivity index (χ1v) is 5.74. The Morgan fingerprint density at radius 2 is 2.29 bits per heavy atom. The molecule has 0 aromatic heterocycles. The first-order valence-electron chi connectivity index (χ1n) is 5.36. The van der Waals surface area contributed by atoms with Crippen molar-refractivity contribution in [1.29, 1.82) is 0 Å². The summed E-state index contributed by atoms with van der Waals surface area (Å²) in [6.07, 6.45) is 4.74. The molecule has 0 spiro atoms. The number of allylic oxidation sites excluding steroid dienone is 4. The van der Waals surface area contributed by atoms with Crippen molar-refractivity contribution in [3.8, 4) is 0 Å². The summed E-state index contributed by atoms with van der Waals surface area (Å²) in [5, 5.41) is -0.430. The topological polar surface area (TPSA) is 43.4 Å². The van der Waals surface area contributed by atoms with Crippen LogP contribution in [-0.2, 0) is 14.3 Å². The molecule has 0 saturated carbocycles. The monoisotopic (exact) mass is 254 g/mol. The van der Waals surface area contributed by atoms with E-state index in [1.165, 1.54) is 6.92 Å². The van der Waals surface area contributed by atoms with Gasteiger partial charge in [0.1, 0.15) is 5.76 Å². The number of halogens is 1. The highest BCUT2D eigenvalue weighted by atomic mass is 35.5. The second-order valence-corrected chi connectivity index (χ2v) is 4.29. The van der Waals surface area contributed by atoms with Crippen LogP contribution in [0.15, 0.2) is 35.6 Å². The van der Waals surface area contributed by atoms with E-state index in [1.54, 1.807) is 13.0 Å². The molecule has 1 unspecified atom stereocenters. The smallest absolute Gasteiger partial charge is 0.308 e. The minimum atomic E-state index is -0.430. The van der Waals surface area contributed by atoms with E-state index >= 15 is 0 Å². The fraction of sp³-hybridized carbons (Fsp3) is 0.385. The second kappa shape index (κ2) is 5.82. The third kappa shape index (κ3) is 3.30. The predicted octanol–water partition coefficient (Wildman–Crippen LogP) is 3.11. The van der Waals surface area contributed by atoms with Gasteiger partial charge in [-0.2, -0.15) is 0 Å². The Labute approximate surface area is 106 Å². The molecule has 1 aliphatic carbocycles. The van der Waals surface area contributed by atoms with Crippen molar-refractivity contribution in [2.75, 3.05) is 0 Å². The second-order valence-electron chi connectivity index (χ2n) is 3.92. The largest absolute Gasteiger partial charge is 0.426 e. The summed E-state index contributed by atoms with van der Waals surface area (Å²) in [6, 6.07) is 0. The quantitative estimate of drug-likeness (QED) is 0.440. The van der Waals surface area contributed by atoms with E-state index < -0.39 is 17.1 Å². The lowest BCUT2D eigenvalue weighted by atomic mass is 9.87. The van der Waals surface area contributed by atoms with Gasteiger partial charge in [0.15, 0.2) is 0 Å². The molecule has 3 nitrogen and oxygen atoms in total. The van der Waals surface area contributed by atoms with Crippen LogP contribution in [-0.4, -0.2) is 11.2 Å². The molecule has 17 heavy (non-hydrogen) atoms. The van der Waals surface area contributed by atoms with Gasteiger partial charge in [-0.15, -0.1) is 6.58 Å². The van der Waals surface area contributed by atoms with Crippen LogP contribution in [0.4, 0.5) is 0 Å². The summed E-state index contributed by atoms with van der Waals surface area (Å²) in [6.45, 7) is 6.75. The maximum Gasteiger partial charge on any atom is 0.308 e. The highest BCUT2D eigenvalue weighted by Crippen LogP contribution is 2.33. The maximum atomic E-state index is 11.2. The molecule has 1 aliphatic rings. The van der Waals surface area contributed by atoms with Crippen LogP contribution in [0.2, 0.25) is 0 Å². The van der Waals surface area contributed by atoms with Gasteiger partial charge in [-0.3, -0.25) is 9.59 Å². The highest BCUT2D eigenvalue weighted by molar-refractivity contribution is 6.64. The van der Waals surface area contributed by atoms with Gasteiger partial charge in [0, 0.05) is 6.92 Å². The lowest BCUT2D eigenvalue weighted by Crippen LogP contribution is -2.18. The molecule has 0 bridgehead atoms. The van der Waals surface area contributed by atoms with Crippen molar-refractivity contribution in [3.05, 3.63) is 35.6 Å². The zero-order valence-electron chi connectivity index (χ0n) is 9.96. The Balaban J connectivity index is 3.10. The van der Waals surface area contributed by atoms with Crippen molar-refractivity contribution in [1.82, 2.24) is 0 Å². The molecule has 1 atom stereocenters. The van der Waals surface area contributed by atoms with Crippen LogP contribution in [0.5, 0.6) is 0 Å². The van der Waals surface area contributed by atoms with Crippen LogP contribution in [0, 0.1) is 5.92 Å². The number of hydrogen-bond donors (Lipinski definition) is 0. The van der Waals surface area contributed by atoms with Gasteiger partial charge in [0.05, 0.1) is 5.92 Å². The van der Waals surface area contributed by atoms with Gasteiger partial charge in [0.25, 0.3) is 0 Å². The molecule has 92 valence electrons. The zero-order chi connectivity index (χ0) is 13.0. The predicted molar refractivity (Wildman–Crippen MR) is 66.3 cm³/mol. The summed E-state index contributed by atoms with van der Waals surface area (Å²) in [4.78, 5) is 22.3. The molecule has 0 saturated heterocycles. The van der Waals surface area contributed by atoms with Crippen molar-refractivity contribution in [2.24, 2.45) is 5.92 Å². The minimum Gasteiger partial charge on any atom is -0.426 e. The lowest BCUT2D eigenvalue weighted by Gasteiger charge is -2.23. The number of hydrogen-bond acceptors (Lipinski definition) is 3. The number of rotatable bonds is 4. The number of carbonyl (C=O) groups excluding carboxylic acids is 2. The summed E-state index contributed by atoms with van der Waals surface area (Å²) in [5.41, 5.74) is 1.58. The van der Waals surface area contributed by atoms with Crippen LogP contribution in [0.3, 0.4) is 0 Å². The first kappa shape index (κ1) is 13.7. The fourth-order valence-electron chi connectivity index (χ4n) is 1.83. The van der Waals surface area contributed by atoms with Crippen LogP contribution in [0.25, 0.3) is 0 Å². The van der Waals surface area contributed by atoms with Crippen molar-refractivity contribution in [3.63, 3.8) is 0 Å². The maximum absolute atomic E-state index is 11.2. The number of carbonyl (C=O) groups is 2. The van der Waals surface area contributed by atoms with Crippen LogP contribution >= 0.6 is 11.6 Å². The Morgan fingerprint density at radius 3 is 2.76 bits per heavy atom. The van der Waals surface area contributed by atoms with Gasteiger partial charge >= 0.3 is 5.97 Å². The first-order chi connectivity index (χ1) is 7.97. The molecule has 0 N–H and O–H groups in total. The molecule has 0 radical (unpaired) electrons. The third-order valence-electron chi connectivity index (χ3n) is 2.66. The summed E-state index contributed by atoms with van der Waals surface area (Å²) < 4.78 is 5.16. The van der Waals surface area contributed by atoms with Gasteiger partial charge in [-0.05, 0) is 42.5 Å². The Bertz CT molecular complexity index is 418. The van der Waals surface area contributed by atoms with E-state index in [0.29, 0.717) is 24.2 Å². The van der Waals surface area contributed by atoms with Gasteiger partial charge in [0.2, 0.25) is 5.24 Å². The van der Waals surface area contributed by atoms with E-state index in [4.69, 9.17) is 16.3 Å². The van der Waals surface area contributed by atoms with E-state index in [0.717, 1.165) is 5.57 Å². The fourth-order valence-corrected chi connectivity index (χ4v) is 2.08. The molecule has 0 heterocycles. The molecule has 0 amide bonds. The number of ether oxygens (including phenoxy) is 1. The van der Waals surface area contributed by atoms with E-state index in [-0.39, 0.29) is 0 Å². The van der Waals surface area contributed by atoms with Crippen molar-refractivity contribution >= 4 is 22.8 Å². The highest BCUT2D eigenvalue weighted by Gasteiger charge is 2.27. The average molecular weight is 255 g/mol. The van der Waals surface area contributed by atoms with Gasteiger partial charge in [-0.25, -0.2) is 0 Å².